The minimum Gasteiger partial charge on any atom is -0.480 e. The fraction of sp³-hybridized carbons (Fsp3) is 0.240. The van der Waals surface area contributed by atoms with Crippen LogP contribution < -0.4 is 10.9 Å². The van der Waals surface area contributed by atoms with Crippen molar-refractivity contribution in [3.63, 3.8) is 0 Å². The summed E-state index contributed by atoms with van der Waals surface area (Å²) >= 11 is 0. The molecular formula is C25H23NO6. The maximum absolute atomic E-state index is 12.7. The van der Waals surface area contributed by atoms with Crippen LogP contribution in [-0.2, 0) is 22.4 Å². The Morgan fingerprint density at radius 3 is 2.44 bits per heavy atom. The van der Waals surface area contributed by atoms with E-state index in [4.69, 9.17) is 8.83 Å². The molecule has 4 rings (SSSR count). The highest BCUT2D eigenvalue weighted by molar-refractivity contribution is 6.00. The number of amides is 1. The fourth-order valence-electron chi connectivity index (χ4n) is 3.98. The van der Waals surface area contributed by atoms with E-state index >= 15 is 0 Å². The monoisotopic (exact) mass is 433 g/mol. The van der Waals surface area contributed by atoms with E-state index in [9.17, 15) is 19.5 Å². The number of fused-ring (bicyclic) bond motifs is 2. The third kappa shape index (κ3) is 3.89. The highest BCUT2D eigenvalue weighted by Crippen LogP contribution is 2.32. The topological polar surface area (TPSA) is 110 Å². The third-order valence-corrected chi connectivity index (χ3v) is 5.79. The molecule has 2 N–H and O–H groups in total. The molecule has 0 bridgehead atoms. The molecule has 1 amide bonds. The summed E-state index contributed by atoms with van der Waals surface area (Å²) in [4.78, 5) is 37.0. The van der Waals surface area contributed by atoms with Crippen molar-refractivity contribution in [1.29, 1.82) is 0 Å². The van der Waals surface area contributed by atoms with E-state index in [1.807, 2.05) is 26.0 Å². The van der Waals surface area contributed by atoms with Gasteiger partial charge >= 0.3 is 11.6 Å². The average Bonchev–Trinajstić information content (AvgIpc) is 3.13. The minimum atomic E-state index is -1.14. The Balaban J connectivity index is 1.65. The summed E-state index contributed by atoms with van der Waals surface area (Å²) < 4.78 is 11.2. The van der Waals surface area contributed by atoms with Gasteiger partial charge in [0.25, 0.3) is 0 Å². The van der Waals surface area contributed by atoms with E-state index in [1.54, 1.807) is 37.5 Å². The zero-order chi connectivity index (χ0) is 23.0. The molecule has 0 aliphatic rings. The van der Waals surface area contributed by atoms with Crippen molar-refractivity contribution >= 4 is 33.8 Å². The molecule has 2 aromatic heterocycles. The van der Waals surface area contributed by atoms with E-state index in [1.165, 1.54) is 0 Å². The summed E-state index contributed by atoms with van der Waals surface area (Å²) in [5.74, 6) is -1.70. The number of aryl methyl sites for hydroxylation is 3. The summed E-state index contributed by atoms with van der Waals surface area (Å²) in [7, 11) is 0. The summed E-state index contributed by atoms with van der Waals surface area (Å²) in [5.41, 5.74) is 3.77. The van der Waals surface area contributed by atoms with Crippen molar-refractivity contribution in [1.82, 2.24) is 5.32 Å². The number of nitrogens with one attached hydrogen (secondary N) is 1. The molecule has 0 radical (unpaired) electrons. The molecule has 2 heterocycles. The number of carbonyl (C=O) groups excluding carboxylic acids is 1. The molecule has 1 unspecified atom stereocenters. The van der Waals surface area contributed by atoms with Crippen LogP contribution in [0.15, 0.2) is 56.3 Å². The van der Waals surface area contributed by atoms with Crippen LogP contribution >= 0.6 is 0 Å². The Labute approximate surface area is 183 Å². The maximum Gasteiger partial charge on any atom is 0.340 e. The first-order chi connectivity index (χ1) is 15.3. The Kier molecular flexibility index (Phi) is 5.57. The number of aliphatic carboxylic acids is 1. The SMILES string of the molecule is Cc1coc2c(C)c3oc(=O)c(CC(=O)NC(Cc4ccccc4)C(=O)O)c(C)c3cc12. The van der Waals surface area contributed by atoms with E-state index in [2.05, 4.69) is 5.32 Å². The van der Waals surface area contributed by atoms with E-state index in [0.29, 0.717) is 16.7 Å². The van der Waals surface area contributed by atoms with E-state index in [0.717, 1.165) is 27.5 Å². The number of carboxylic acids is 1. The highest BCUT2D eigenvalue weighted by Gasteiger charge is 2.23. The molecule has 4 aromatic rings. The maximum atomic E-state index is 12.7. The fourth-order valence-corrected chi connectivity index (χ4v) is 3.98. The van der Waals surface area contributed by atoms with Crippen LogP contribution in [0.3, 0.4) is 0 Å². The highest BCUT2D eigenvalue weighted by atomic mass is 16.4. The van der Waals surface area contributed by atoms with Gasteiger partial charge in [-0.15, -0.1) is 0 Å². The molecule has 2 aromatic carbocycles. The number of carbonyl (C=O) groups is 2. The molecule has 0 aliphatic carbocycles. The van der Waals surface area contributed by atoms with Crippen molar-refractivity contribution in [3.05, 3.63) is 80.9 Å². The molecule has 0 aliphatic heterocycles. The van der Waals surface area contributed by atoms with Gasteiger partial charge in [-0.3, -0.25) is 4.79 Å². The van der Waals surface area contributed by atoms with Crippen LogP contribution in [-0.4, -0.2) is 23.0 Å². The van der Waals surface area contributed by atoms with Gasteiger partial charge in [-0.1, -0.05) is 30.3 Å². The molecule has 1 atom stereocenters. The van der Waals surface area contributed by atoms with Gasteiger partial charge in [0, 0.05) is 22.8 Å². The predicted molar refractivity (Wildman–Crippen MR) is 120 cm³/mol. The van der Waals surface area contributed by atoms with E-state index < -0.39 is 23.5 Å². The molecule has 0 saturated carbocycles. The lowest BCUT2D eigenvalue weighted by molar-refractivity contribution is -0.141. The Bertz CT molecular complexity index is 1400. The van der Waals surface area contributed by atoms with Gasteiger partial charge in [0.2, 0.25) is 5.91 Å². The van der Waals surface area contributed by atoms with Crippen molar-refractivity contribution in [2.45, 2.75) is 39.7 Å². The molecule has 7 nitrogen and oxygen atoms in total. The molecule has 0 saturated heterocycles. The van der Waals surface area contributed by atoms with Gasteiger partial charge in [-0.2, -0.15) is 0 Å². The van der Waals surface area contributed by atoms with Crippen LogP contribution in [0.5, 0.6) is 0 Å². The Morgan fingerprint density at radius 1 is 1.03 bits per heavy atom. The van der Waals surface area contributed by atoms with Gasteiger partial charge in [0.05, 0.1) is 18.2 Å². The summed E-state index contributed by atoms with van der Waals surface area (Å²) in [6.45, 7) is 5.52. The zero-order valence-electron chi connectivity index (χ0n) is 18.0. The molecule has 0 spiro atoms. The molecule has 164 valence electrons. The molecule has 32 heavy (non-hydrogen) atoms. The van der Waals surface area contributed by atoms with Crippen molar-refractivity contribution in [3.8, 4) is 0 Å². The van der Waals surface area contributed by atoms with Crippen molar-refractivity contribution in [2.24, 2.45) is 0 Å². The number of carboxylic acid groups (broad SMARTS) is 1. The quantitative estimate of drug-likeness (QED) is 0.448. The minimum absolute atomic E-state index is 0.143. The number of hydrogen-bond donors (Lipinski definition) is 2. The number of furan rings is 1. The van der Waals surface area contributed by atoms with Gasteiger partial charge in [-0.05, 0) is 43.5 Å². The smallest absolute Gasteiger partial charge is 0.340 e. The molecular weight excluding hydrogens is 410 g/mol. The van der Waals surface area contributed by atoms with Crippen LogP contribution in [0.2, 0.25) is 0 Å². The predicted octanol–water partition coefficient (Wildman–Crippen LogP) is 3.82. The van der Waals surface area contributed by atoms with Crippen LogP contribution in [0.25, 0.3) is 21.9 Å². The standard InChI is InChI=1S/C25H23NO6/c1-13-12-31-22-15(3)23-18(10-17(13)22)14(2)19(25(30)32-23)11-21(27)26-20(24(28)29)9-16-7-5-4-6-8-16/h4-8,10,12,20H,9,11H2,1-3H3,(H,26,27)(H,28,29). The summed E-state index contributed by atoms with van der Waals surface area (Å²) in [6, 6.07) is 9.83. The second kappa shape index (κ2) is 8.34. The number of rotatable bonds is 6. The lowest BCUT2D eigenvalue weighted by Gasteiger charge is -2.15. The second-order valence-electron chi connectivity index (χ2n) is 7.99. The Hall–Kier alpha value is -3.87. The van der Waals surface area contributed by atoms with Crippen molar-refractivity contribution in [2.75, 3.05) is 0 Å². The Morgan fingerprint density at radius 2 is 1.75 bits per heavy atom. The van der Waals surface area contributed by atoms with Crippen LogP contribution in [0.1, 0.15) is 27.8 Å². The molecule has 0 fully saturated rings. The average molecular weight is 433 g/mol. The van der Waals surface area contributed by atoms with Crippen molar-refractivity contribution < 1.29 is 23.5 Å². The van der Waals surface area contributed by atoms with Crippen LogP contribution in [0, 0.1) is 20.8 Å². The first kappa shape index (κ1) is 21.4. The van der Waals surface area contributed by atoms with Gasteiger partial charge in [-0.25, -0.2) is 9.59 Å². The normalized spacial score (nSPS) is 12.2. The van der Waals surface area contributed by atoms with Gasteiger partial charge in [0.1, 0.15) is 17.2 Å². The lowest BCUT2D eigenvalue weighted by atomic mass is 9.99. The number of hydrogen-bond acceptors (Lipinski definition) is 5. The van der Waals surface area contributed by atoms with Gasteiger partial charge < -0.3 is 19.3 Å². The third-order valence-electron chi connectivity index (χ3n) is 5.79. The zero-order valence-corrected chi connectivity index (χ0v) is 18.0. The summed E-state index contributed by atoms with van der Waals surface area (Å²) in [5, 5.41) is 13.7. The second-order valence-corrected chi connectivity index (χ2v) is 7.99. The number of benzene rings is 2. The first-order valence-electron chi connectivity index (χ1n) is 10.3. The van der Waals surface area contributed by atoms with Crippen LogP contribution in [0.4, 0.5) is 0 Å². The first-order valence-corrected chi connectivity index (χ1v) is 10.3. The lowest BCUT2D eigenvalue weighted by Crippen LogP contribution is -2.43. The van der Waals surface area contributed by atoms with Gasteiger partial charge in [0.15, 0.2) is 0 Å². The molecule has 7 heteroatoms. The van der Waals surface area contributed by atoms with E-state index in [-0.39, 0.29) is 18.4 Å². The largest absolute Gasteiger partial charge is 0.480 e. The summed E-state index contributed by atoms with van der Waals surface area (Å²) in [6.07, 6.45) is 1.52.